The van der Waals surface area contributed by atoms with E-state index in [4.69, 9.17) is 9.47 Å². The second-order valence-corrected chi connectivity index (χ2v) is 6.11. The van der Waals surface area contributed by atoms with Crippen molar-refractivity contribution in [3.8, 4) is 11.5 Å². The van der Waals surface area contributed by atoms with Crippen molar-refractivity contribution in [2.45, 2.75) is 0 Å². The first kappa shape index (κ1) is 15.0. The Morgan fingerprint density at radius 3 is 2.35 bits per heavy atom. The van der Waals surface area contributed by atoms with Crippen molar-refractivity contribution in [3.05, 3.63) is 52.5 Å². The molecule has 0 amide bonds. The average Bonchev–Trinajstić information content (AvgIpc) is 2.47. The minimum Gasteiger partial charge on any atom is -0.496 e. The van der Waals surface area contributed by atoms with Crippen LogP contribution < -0.4 is 14.8 Å². The molecule has 104 valence electrons. The molecule has 0 aliphatic carbocycles. The van der Waals surface area contributed by atoms with E-state index in [2.05, 4.69) is 15.9 Å². The molecule has 0 aromatic heterocycles. The zero-order valence-corrected chi connectivity index (χ0v) is 13.7. The number of hydrogen-bond acceptors (Lipinski definition) is 3. The highest BCUT2D eigenvalue weighted by molar-refractivity contribution is 9.10. The van der Waals surface area contributed by atoms with Gasteiger partial charge in [-0.2, -0.15) is 0 Å². The van der Waals surface area contributed by atoms with Gasteiger partial charge in [0.05, 0.1) is 18.7 Å². The normalized spacial score (nSPS) is 10.8. The van der Waals surface area contributed by atoms with Crippen LogP contribution in [0.5, 0.6) is 11.5 Å². The van der Waals surface area contributed by atoms with Crippen LogP contribution >= 0.6 is 24.5 Å². The van der Waals surface area contributed by atoms with E-state index >= 15 is 0 Å². The van der Waals surface area contributed by atoms with Crippen LogP contribution in [0, 0.1) is 0 Å². The lowest BCUT2D eigenvalue weighted by molar-refractivity contribution is 0.108. The summed E-state index contributed by atoms with van der Waals surface area (Å²) in [5, 5.41) is 0.988. The topological polar surface area (TPSA) is 35.5 Å². The maximum Gasteiger partial charge on any atom is 0.193 e. The third-order valence-corrected chi connectivity index (χ3v) is 4.48. The molecule has 0 bridgehead atoms. The first-order valence-electron chi connectivity index (χ1n) is 5.94. The van der Waals surface area contributed by atoms with Crippen molar-refractivity contribution in [3.63, 3.8) is 0 Å². The molecular formula is C15H14BrO3P. The van der Waals surface area contributed by atoms with Crippen molar-refractivity contribution in [1.82, 2.24) is 0 Å². The summed E-state index contributed by atoms with van der Waals surface area (Å²) in [7, 11) is 3.12. The summed E-state index contributed by atoms with van der Waals surface area (Å²) in [6.45, 7) is 0. The number of carbonyl (C=O) groups is 1. The molecule has 0 aliphatic heterocycles. The van der Waals surface area contributed by atoms with Crippen molar-refractivity contribution in [2.24, 2.45) is 0 Å². The Labute approximate surface area is 128 Å². The van der Waals surface area contributed by atoms with E-state index in [0.29, 0.717) is 17.1 Å². The lowest BCUT2D eigenvalue weighted by Crippen LogP contribution is -2.05. The molecule has 0 saturated heterocycles. The molecule has 2 rings (SSSR count). The molecular weight excluding hydrogens is 339 g/mol. The Morgan fingerprint density at radius 1 is 1.05 bits per heavy atom. The predicted octanol–water partition coefficient (Wildman–Crippen LogP) is 3.61. The Hall–Kier alpha value is -1.38. The van der Waals surface area contributed by atoms with Gasteiger partial charge in [0.1, 0.15) is 17.1 Å². The minimum absolute atomic E-state index is 0.00815. The molecule has 2 aromatic rings. The minimum atomic E-state index is -0.00815. The summed E-state index contributed by atoms with van der Waals surface area (Å²) in [5.41, 5.74) is 0.470. The SMILES string of the molecule is COc1ccc(Br)c(OC)c1C(=O)Pc1ccccc1. The fourth-order valence-electron chi connectivity index (χ4n) is 1.84. The largest absolute Gasteiger partial charge is 0.496 e. The molecule has 20 heavy (non-hydrogen) atoms. The summed E-state index contributed by atoms with van der Waals surface area (Å²) < 4.78 is 11.4. The number of hydrogen-bond donors (Lipinski definition) is 0. The van der Waals surface area contributed by atoms with E-state index in [0.717, 1.165) is 9.78 Å². The quantitative estimate of drug-likeness (QED) is 0.771. The first-order chi connectivity index (χ1) is 9.67. The monoisotopic (exact) mass is 352 g/mol. The number of ether oxygens (including phenoxy) is 2. The summed E-state index contributed by atoms with van der Waals surface area (Å²) in [4.78, 5) is 12.6. The van der Waals surface area contributed by atoms with Gasteiger partial charge in [0.2, 0.25) is 0 Å². The van der Waals surface area contributed by atoms with Crippen LogP contribution in [-0.2, 0) is 0 Å². The van der Waals surface area contributed by atoms with Crippen LogP contribution in [0.4, 0.5) is 0 Å². The molecule has 1 atom stereocenters. The van der Waals surface area contributed by atoms with Crippen molar-refractivity contribution in [1.29, 1.82) is 0 Å². The average molecular weight is 353 g/mol. The van der Waals surface area contributed by atoms with Gasteiger partial charge in [-0.05, 0) is 41.9 Å². The predicted molar refractivity (Wildman–Crippen MR) is 86.0 cm³/mol. The molecule has 0 aliphatic rings. The molecule has 0 N–H and O–H groups in total. The van der Waals surface area contributed by atoms with Crippen LogP contribution in [-0.4, -0.2) is 19.7 Å². The van der Waals surface area contributed by atoms with Gasteiger partial charge in [-0.3, -0.25) is 4.79 Å². The van der Waals surface area contributed by atoms with E-state index in [1.165, 1.54) is 0 Å². The van der Waals surface area contributed by atoms with E-state index in [9.17, 15) is 4.79 Å². The Kier molecular flexibility index (Phi) is 5.16. The zero-order valence-electron chi connectivity index (χ0n) is 11.1. The molecule has 0 fully saturated rings. The van der Waals surface area contributed by atoms with Crippen LogP contribution in [0.3, 0.4) is 0 Å². The van der Waals surface area contributed by atoms with Crippen molar-refractivity contribution >= 4 is 35.3 Å². The van der Waals surface area contributed by atoms with Crippen LogP contribution in [0.15, 0.2) is 46.9 Å². The standard InChI is InChI=1S/C15H14BrO3P/c1-18-12-9-8-11(16)14(19-2)13(12)15(17)20-10-6-4-3-5-7-10/h3-9,20H,1-2H3. The summed E-state index contributed by atoms with van der Waals surface area (Å²) >= 11 is 3.39. The highest BCUT2D eigenvalue weighted by atomic mass is 79.9. The first-order valence-corrected chi connectivity index (χ1v) is 7.73. The molecule has 2 aromatic carbocycles. The van der Waals surface area contributed by atoms with Crippen LogP contribution in [0.25, 0.3) is 0 Å². The highest BCUT2D eigenvalue weighted by Crippen LogP contribution is 2.38. The van der Waals surface area contributed by atoms with Gasteiger partial charge < -0.3 is 9.47 Å². The fourth-order valence-corrected chi connectivity index (χ4v) is 3.31. The maximum atomic E-state index is 12.6. The highest BCUT2D eigenvalue weighted by Gasteiger charge is 2.20. The lowest BCUT2D eigenvalue weighted by atomic mass is 10.2. The molecule has 0 heterocycles. The Morgan fingerprint density at radius 2 is 1.75 bits per heavy atom. The summed E-state index contributed by atoms with van der Waals surface area (Å²) in [6, 6.07) is 13.2. The molecule has 0 spiro atoms. The van der Waals surface area contributed by atoms with E-state index in [1.807, 2.05) is 30.3 Å². The van der Waals surface area contributed by atoms with Crippen molar-refractivity contribution < 1.29 is 14.3 Å². The fraction of sp³-hybridized carbons (Fsp3) is 0.133. The molecule has 1 unspecified atom stereocenters. The number of benzene rings is 2. The van der Waals surface area contributed by atoms with E-state index in [1.54, 1.807) is 26.4 Å². The van der Waals surface area contributed by atoms with Gasteiger partial charge in [-0.15, -0.1) is 0 Å². The van der Waals surface area contributed by atoms with Crippen molar-refractivity contribution in [2.75, 3.05) is 14.2 Å². The lowest BCUT2D eigenvalue weighted by Gasteiger charge is -2.13. The van der Waals surface area contributed by atoms with Gasteiger partial charge in [0, 0.05) is 0 Å². The Balaban J connectivity index is 2.40. The number of methoxy groups -OCH3 is 2. The third kappa shape index (κ3) is 3.20. The van der Waals surface area contributed by atoms with Gasteiger partial charge in [0.25, 0.3) is 0 Å². The summed E-state index contributed by atoms with van der Waals surface area (Å²) in [6.07, 6.45) is 0. The van der Waals surface area contributed by atoms with Crippen LogP contribution in [0.1, 0.15) is 10.4 Å². The smallest absolute Gasteiger partial charge is 0.193 e. The van der Waals surface area contributed by atoms with E-state index < -0.39 is 0 Å². The van der Waals surface area contributed by atoms with Gasteiger partial charge in [0.15, 0.2) is 5.52 Å². The van der Waals surface area contributed by atoms with Gasteiger partial charge in [-0.25, -0.2) is 0 Å². The third-order valence-electron chi connectivity index (χ3n) is 2.75. The zero-order chi connectivity index (χ0) is 14.5. The number of halogens is 1. The molecule has 3 nitrogen and oxygen atoms in total. The number of carbonyl (C=O) groups excluding carboxylic acids is 1. The maximum absolute atomic E-state index is 12.6. The van der Waals surface area contributed by atoms with E-state index in [-0.39, 0.29) is 14.1 Å². The van der Waals surface area contributed by atoms with Gasteiger partial charge >= 0.3 is 0 Å². The molecule has 0 radical (unpaired) electrons. The number of rotatable bonds is 5. The molecule has 5 heteroatoms. The Bertz CT molecular complexity index is 614. The van der Waals surface area contributed by atoms with Gasteiger partial charge in [-0.1, -0.05) is 30.3 Å². The molecule has 0 saturated carbocycles. The second-order valence-electron chi connectivity index (χ2n) is 3.98. The summed E-state index contributed by atoms with van der Waals surface area (Å²) in [5.74, 6) is 1.04. The second kappa shape index (κ2) is 6.87. The van der Waals surface area contributed by atoms with Crippen LogP contribution in [0.2, 0.25) is 0 Å².